The Kier molecular flexibility index (Phi) is 8.84. The van der Waals surface area contributed by atoms with Crippen LogP contribution in [0.1, 0.15) is 73.0 Å². The molecule has 1 unspecified atom stereocenters. The predicted octanol–water partition coefficient (Wildman–Crippen LogP) is 6.57. The Morgan fingerprint density at radius 2 is 1.36 bits per heavy atom. The minimum Gasteiger partial charge on any atom is -0.466 e. The summed E-state index contributed by atoms with van der Waals surface area (Å²) in [5.41, 5.74) is 4.31. The van der Waals surface area contributed by atoms with Crippen molar-refractivity contribution < 1.29 is 23.7 Å². The van der Waals surface area contributed by atoms with Crippen molar-refractivity contribution in [2.24, 2.45) is 0 Å². The van der Waals surface area contributed by atoms with Gasteiger partial charge in [0.05, 0.1) is 13.0 Å². The van der Waals surface area contributed by atoms with Gasteiger partial charge in [-0.1, -0.05) is 23.8 Å². The minimum atomic E-state index is -4.21. The Morgan fingerprint density at radius 3 is 1.88 bits per heavy atom. The van der Waals surface area contributed by atoms with Crippen LogP contribution in [-0.2, 0) is 20.0 Å². The van der Waals surface area contributed by atoms with Gasteiger partial charge in [-0.3, -0.25) is 14.4 Å². The maximum Gasteiger partial charge on any atom is 0.306 e. The van der Waals surface area contributed by atoms with E-state index in [0.717, 1.165) is 16.7 Å². The molecule has 7 heteroatoms. The molecule has 0 aliphatic carbocycles. The molecule has 2 rings (SSSR count). The molecule has 0 radical (unpaired) electrons. The highest BCUT2D eigenvalue weighted by Crippen LogP contribution is 2.54. The molecule has 2 aromatic rings. The number of aryl methyl sites for hydroxylation is 5. The molecule has 1 atom stereocenters. The van der Waals surface area contributed by atoms with Crippen LogP contribution in [0.3, 0.4) is 0 Å². The first-order valence-corrected chi connectivity index (χ1v) is 13.4. The van der Waals surface area contributed by atoms with Crippen molar-refractivity contribution in [2.45, 2.75) is 60.8 Å². The molecule has 0 bridgehead atoms. The number of ether oxygens (including phenoxy) is 1. The van der Waals surface area contributed by atoms with Gasteiger partial charge in [-0.15, -0.1) is 11.6 Å². The highest BCUT2D eigenvalue weighted by molar-refractivity contribution is 7.95. The number of hydrogen-bond acceptors (Lipinski definition) is 5. The van der Waals surface area contributed by atoms with Crippen molar-refractivity contribution >= 4 is 35.8 Å². The molecule has 0 aliphatic heterocycles. The Balaban J connectivity index is 2.72. The second-order valence-corrected chi connectivity index (χ2v) is 11.5. The average molecular weight is 491 g/mol. The molecular formula is C26H32ClO5P. The van der Waals surface area contributed by atoms with Crippen LogP contribution in [0.25, 0.3) is 0 Å². The van der Waals surface area contributed by atoms with E-state index in [4.69, 9.17) is 16.3 Å². The summed E-state index contributed by atoms with van der Waals surface area (Å²) < 4.78 is 19.3. The van der Waals surface area contributed by atoms with Crippen molar-refractivity contribution in [3.63, 3.8) is 0 Å². The largest absolute Gasteiger partial charge is 0.466 e. The van der Waals surface area contributed by atoms with Gasteiger partial charge in [-0.05, 0) is 81.8 Å². The van der Waals surface area contributed by atoms with Crippen LogP contribution in [-0.4, -0.2) is 29.8 Å². The second-order valence-electron chi connectivity index (χ2n) is 8.52. The fraction of sp³-hybridized carbons (Fsp3) is 0.423. The number of carbonyl (C=O) groups excluding carboxylic acids is 3. The predicted molar refractivity (Wildman–Crippen MR) is 133 cm³/mol. The van der Waals surface area contributed by atoms with Gasteiger partial charge < -0.3 is 9.30 Å². The Morgan fingerprint density at radius 1 is 0.848 bits per heavy atom. The zero-order valence-electron chi connectivity index (χ0n) is 20.4. The lowest BCUT2D eigenvalue weighted by atomic mass is 9.95. The summed E-state index contributed by atoms with van der Waals surface area (Å²) in [6.45, 7) is 12.7. The second kappa shape index (κ2) is 10.8. The fourth-order valence-electron chi connectivity index (χ4n) is 4.42. The van der Waals surface area contributed by atoms with Crippen molar-refractivity contribution in [2.75, 3.05) is 12.8 Å². The monoisotopic (exact) mass is 490 g/mol. The molecule has 0 saturated heterocycles. The summed E-state index contributed by atoms with van der Waals surface area (Å²) in [6.07, 6.45) is -0.655. The number of rotatable bonds is 9. The molecule has 0 spiro atoms. The first-order valence-electron chi connectivity index (χ1n) is 11.0. The number of alkyl halides is 1. The lowest BCUT2D eigenvalue weighted by Gasteiger charge is -2.22. The summed E-state index contributed by atoms with van der Waals surface area (Å²) in [5, 5.41) is 0. The Hall–Kier alpha value is -2.23. The molecule has 33 heavy (non-hydrogen) atoms. The van der Waals surface area contributed by atoms with Crippen LogP contribution in [0.15, 0.2) is 18.2 Å². The van der Waals surface area contributed by atoms with Gasteiger partial charge in [-0.2, -0.15) is 0 Å². The van der Waals surface area contributed by atoms with E-state index in [1.54, 1.807) is 34.6 Å². The maximum atomic E-state index is 14.4. The first kappa shape index (κ1) is 27.0. The van der Waals surface area contributed by atoms with Gasteiger partial charge in [0.1, 0.15) is 0 Å². The summed E-state index contributed by atoms with van der Waals surface area (Å²) >= 11 is 6.12. The van der Waals surface area contributed by atoms with Gasteiger partial charge in [0.15, 0.2) is 0 Å². The van der Waals surface area contributed by atoms with Gasteiger partial charge >= 0.3 is 5.97 Å². The van der Waals surface area contributed by atoms with E-state index in [1.165, 1.54) is 0 Å². The topological polar surface area (TPSA) is 77.5 Å². The first-order chi connectivity index (χ1) is 15.4. The lowest BCUT2D eigenvalue weighted by molar-refractivity contribution is -0.142. The van der Waals surface area contributed by atoms with Gasteiger partial charge in [0.2, 0.25) is 18.2 Å². The lowest BCUT2D eigenvalue weighted by Crippen LogP contribution is -2.20. The van der Waals surface area contributed by atoms with Crippen molar-refractivity contribution in [1.29, 1.82) is 0 Å². The van der Waals surface area contributed by atoms with Crippen molar-refractivity contribution in [3.8, 4) is 0 Å². The zero-order chi connectivity index (χ0) is 25.1. The van der Waals surface area contributed by atoms with E-state index in [2.05, 4.69) is 0 Å². The number of carbonyl (C=O) groups is 3. The summed E-state index contributed by atoms with van der Waals surface area (Å²) in [6, 6.07) is 5.48. The standard InChI is InChI=1S/C26H32ClO5P/c1-8-32-22(28)9-10-33(31,25(29)23-17(4)11-15(2)12-18(23)5)26(30)24-19(6)13-16(3)21(14-27)20(24)7/h11-13H,8-10,14H2,1-7H3. The van der Waals surface area contributed by atoms with Gasteiger partial charge in [0.25, 0.3) is 0 Å². The molecule has 0 amide bonds. The number of hydrogen-bond donors (Lipinski definition) is 0. The van der Waals surface area contributed by atoms with Crippen LogP contribution in [0, 0.1) is 41.5 Å². The van der Waals surface area contributed by atoms with E-state index in [1.807, 2.05) is 32.0 Å². The van der Waals surface area contributed by atoms with Gasteiger partial charge in [-0.25, -0.2) is 0 Å². The summed E-state index contributed by atoms with van der Waals surface area (Å²) in [7, 11) is -4.21. The van der Waals surface area contributed by atoms with Crippen LogP contribution >= 0.6 is 18.7 Å². The molecule has 0 saturated carbocycles. The van der Waals surface area contributed by atoms with Crippen molar-refractivity contribution in [3.05, 3.63) is 68.3 Å². The third-order valence-corrected chi connectivity index (χ3v) is 8.84. The summed E-state index contributed by atoms with van der Waals surface area (Å²) in [5.74, 6) is -0.398. The molecule has 0 fully saturated rings. The molecule has 0 aromatic heterocycles. The van der Waals surface area contributed by atoms with Crippen LogP contribution in [0.5, 0.6) is 0 Å². The molecule has 5 nitrogen and oxygen atoms in total. The Bertz CT molecular complexity index is 1140. The zero-order valence-corrected chi connectivity index (χ0v) is 22.1. The third kappa shape index (κ3) is 5.47. The van der Waals surface area contributed by atoms with E-state index < -0.39 is 24.2 Å². The SMILES string of the molecule is CCOC(=O)CCP(=O)(C(=O)c1c(C)cc(C)cc1C)C(=O)c1c(C)cc(C)c(CCl)c1C. The van der Waals surface area contributed by atoms with E-state index >= 15 is 0 Å². The van der Waals surface area contributed by atoms with Crippen LogP contribution < -0.4 is 0 Å². The van der Waals surface area contributed by atoms with E-state index in [0.29, 0.717) is 22.3 Å². The molecule has 0 aliphatic rings. The normalized spacial score (nSPS) is 12.8. The molecule has 2 aromatic carbocycles. The van der Waals surface area contributed by atoms with Crippen LogP contribution in [0.2, 0.25) is 0 Å². The smallest absolute Gasteiger partial charge is 0.306 e. The summed E-state index contributed by atoms with van der Waals surface area (Å²) in [4.78, 5) is 39.8. The van der Waals surface area contributed by atoms with E-state index in [9.17, 15) is 18.9 Å². The molecule has 0 N–H and O–H groups in total. The van der Waals surface area contributed by atoms with Crippen LogP contribution in [0.4, 0.5) is 0 Å². The van der Waals surface area contributed by atoms with E-state index in [-0.39, 0.29) is 36.2 Å². The number of halogens is 1. The average Bonchev–Trinajstić information content (AvgIpc) is 2.71. The van der Waals surface area contributed by atoms with Crippen molar-refractivity contribution in [1.82, 2.24) is 0 Å². The molecule has 0 heterocycles. The number of esters is 1. The maximum absolute atomic E-state index is 14.4. The molecule has 178 valence electrons. The fourth-order valence-corrected chi connectivity index (χ4v) is 7.34. The Labute approximate surface area is 201 Å². The number of benzene rings is 2. The minimum absolute atomic E-state index is 0.163. The third-order valence-electron chi connectivity index (χ3n) is 5.96. The highest BCUT2D eigenvalue weighted by Gasteiger charge is 2.43. The highest BCUT2D eigenvalue weighted by atomic mass is 35.5. The molecular weight excluding hydrogens is 459 g/mol. The quantitative estimate of drug-likeness (QED) is 0.225. The van der Waals surface area contributed by atoms with Gasteiger partial charge in [0, 0.05) is 23.2 Å².